The van der Waals surface area contributed by atoms with E-state index in [-0.39, 0.29) is 35.0 Å². The number of hydrogen-bond donors (Lipinski definition) is 0. The number of halogens is 3. The highest BCUT2D eigenvalue weighted by molar-refractivity contribution is 6.74. The van der Waals surface area contributed by atoms with Gasteiger partial charge in [0.1, 0.15) is 23.2 Å². The molecule has 2 atom stereocenters. The molecule has 0 unspecified atom stereocenters. The van der Waals surface area contributed by atoms with Crippen molar-refractivity contribution in [3.63, 3.8) is 0 Å². The molecule has 0 bridgehead atoms. The summed E-state index contributed by atoms with van der Waals surface area (Å²) in [5, 5.41) is 4.44. The van der Waals surface area contributed by atoms with Gasteiger partial charge in [-0.1, -0.05) is 32.9 Å². The van der Waals surface area contributed by atoms with Crippen molar-refractivity contribution in [1.29, 1.82) is 0 Å². The molecule has 1 fully saturated rings. The summed E-state index contributed by atoms with van der Waals surface area (Å²) in [6.07, 6.45) is 1.22. The lowest BCUT2D eigenvalue weighted by Crippen LogP contribution is -2.39. The fraction of sp³-hybridized carbons (Fsp3) is 0.481. The molecule has 3 nitrogen and oxygen atoms in total. The zero-order valence-corrected chi connectivity index (χ0v) is 21.8. The van der Waals surface area contributed by atoms with Crippen molar-refractivity contribution in [2.24, 2.45) is 11.1 Å². The summed E-state index contributed by atoms with van der Waals surface area (Å²) in [4.78, 5) is 13.0. The van der Waals surface area contributed by atoms with E-state index in [1.807, 2.05) is 0 Å². The topological polar surface area (TPSA) is 38.7 Å². The van der Waals surface area contributed by atoms with Gasteiger partial charge in [-0.05, 0) is 79.2 Å². The van der Waals surface area contributed by atoms with Gasteiger partial charge >= 0.3 is 0 Å². The third-order valence-electron chi connectivity index (χ3n) is 7.18. The van der Waals surface area contributed by atoms with E-state index >= 15 is 0 Å². The number of carbonyl (C=O) groups excluding carboxylic acids is 1. The molecule has 3 rings (SSSR count). The summed E-state index contributed by atoms with van der Waals surface area (Å²) < 4.78 is 49.1. The molecular formula is C27H34F3NO2Si. The highest BCUT2D eigenvalue weighted by Crippen LogP contribution is 2.43. The van der Waals surface area contributed by atoms with E-state index in [4.69, 9.17) is 4.53 Å². The summed E-state index contributed by atoms with van der Waals surface area (Å²) >= 11 is 0. The fourth-order valence-corrected chi connectivity index (χ4v) is 4.78. The molecular weight excluding hydrogens is 455 g/mol. The first-order valence-electron chi connectivity index (χ1n) is 11.7. The van der Waals surface area contributed by atoms with Gasteiger partial charge in [0.05, 0.1) is 5.71 Å². The molecule has 1 aliphatic carbocycles. The van der Waals surface area contributed by atoms with Crippen LogP contribution in [-0.4, -0.2) is 19.8 Å². The van der Waals surface area contributed by atoms with Crippen LogP contribution in [0.5, 0.6) is 0 Å². The molecule has 0 aromatic heterocycles. The molecule has 1 aliphatic rings. The Morgan fingerprint density at radius 1 is 1.09 bits per heavy atom. The van der Waals surface area contributed by atoms with E-state index in [2.05, 4.69) is 39.0 Å². The molecule has 34 heavy (non-hydrogen) atoms. The molecule has 184 valence electrons. The van der Waals surface area contributed by atoms with Gasteiger partial charge in [-0.3, -0.25) is 4.79 Å². The number of aryl methyl sites for hydroxylation is 1. The monoisotopic (exact) mass is 489 g/mol. The molecule has 0 amide bonds. The van der Waals surface area contributed by atoms with Crippen molar-refractivity contribution in [1.82, 2.24) is 0 Å². The van der Waals surface area contributed by atoms with Crippen LogP contribution in [0.3, 0.4) is 0 Å². The third kappa shape index (κ3) is 5.98. The maximum atomic E-state index is 14.9. The van der Waals surface area contributed by atoms with E-state index < -0.39 is 31.8 Å². The Hall–Kier alpha value is -2.41. The van der Waals surface area contributed by atoms with E-state index in [1.165, 1.54) is 24.3 Å². The Kier molecular flexibility index (Phi) is 7.75. The van der Waals surface area contributed by atoms with Crippen LogP contribution >= 0.6 is 0 Å². The van der Waals surface area contributed by atoms with Gasteiger partial charge < -0.3 is 4.53 Å². The maximum absolute atomic E-state index is 14.9. The van der Waals surface area contributed by atoms with Gasteiger partial charge in [0, 0.05) is 24.3 Å². The Morgan fingerprint density at radius 2 is 1.68 bits per heavy atom. The van der Waals surface area contributed by atoms with Crippen molar-refractivity contribution in [2.75, 3.05) is 0 Å². The van der Waals surface area contributed by atoms with Crippen LogP contribution < -0.4 is 0 Å². The molecule has 0 radical (unpaired) electrons. The van der Waals surface area contributed by atoms with E-state index in [0.29, 0.717) is 29.7 Å². The minimum absolute atomic E-state index is 0.0164. The summed E-state index contributed by atoms with van der Waals surface area (Å²) in [5.41, 5.74) is 1.91. The van der Waals surface area contributed by atoms with E-state index in [9.17, 15) is 18.0 Å². The smallest absolute Gasteiger partial charge is 0.286 e. The third-order valence-corrected chi connectivity index (χ3v) is 11.3. The SMILES string of the molecule is Cc1cc(F)c([C@@H]2CC/C(=N\O[Si](C)(C)C(C)(C)C)[C@H]2CC(=O)Cc2ccc(F)cc2)c(F)c1. The standard InChI is InChI=1S/C27H34F3NO2Si/c1-17-13-23(29)26(24(30)14-17)21-11-12-25(31-33-34(5,6)27(2,3)4)22(21)16-20(32)15-18-7-9-19(28)10-8-18/h7-10,13-14,21-22H,11-12,15-16H2,1-6H3/b31-25+/t21-,22+/m1/s1. The average Bonchev–Trinajstić information content (AvgIpc) is 3.08. The first-order valence-corrected chi connectivity index (χ1v) is 14.7. The van der Waals surface area contributed by atoms with E-state index in [0.717, 1.165) is 0 Å². The number of carbonyl (C=O) groups is 1. The van der Waals surface area contributed by atoms with Crippen LogP contribution in [0, 0.1) is 30.3 Å². The Balaban J connectivity index is 1.91. The zero-order valence-electron chi connectivity index (χ0n) is 20.8. The lowest BCUT2D eigenvalue weighted by Gasteiger charge is -2.33. The maximum Gasteiger partial charge on any atom is 0.286 e. The molecule has 1 saturated carbocycles. The largest absolute Gasteiger partial charge is 0.455 e. The number of Topliss-reactive ketones (excluding diaryl/α,β-unsaturated/α-hetero) is 1. The summed E-state index contributed by atoms with van der Waals surface area (Å²) in [6.45, 7) is 12.1. The predicted molar refractivity (Wildman–Crippen MR) is 132 cm³/mol. The minimum Gasteiger partial charge on any atom is -0.455 e. The van der Waals surface area contributed by atoms with Gasteiger partial charge in [0.15, 0.2) is 0 Å². The second-order valence-electron chi connectivity index (χ2n) is 10.9. The number of rotatable bonds is 7. The first kappa shape index (κ1) is 26.2. The van der Waals surface area contributed by atoms with Gasteiger partial charge in [0.25, 0.3) is 8.32 Å². The van der Waals surface area contributed by atoms with Crippen molar-refractivity contribution >= 4 is 19.8 Å². The number of nitrogens with zero attached hydrogens (tertiary/aromatic N) is 1. The van der Waals surface area contributed by atoms with Crippen LogP contribution in [0.1, 0.15) is 62.6 Å². The minimum atomic E-state index is -2.19. The molecule has 0 N–H and O–H groups in total. The lowest BCUT2D eigenvalue weighted by atomic mass is 9.83. The summed E-state index contributed by atoms with van der Waals surface area (Å²) in [7, 11) is -2.19. The van der Waals surface area contributed by atoms with Crippen molar-refractivity contribution < 1.29 is 22.5 Å². The van der Waals surface area contributed by atoms with Crippen LogP contribution in [-0.2, 0) is 15.7 Å². The van der Waals surface area contributed by atoms with Gasteiger partial charge in [-0.15, -0.1) is 5.16 Å². The van der Waals surface area contributed by atoms with Crippen molar-refractivity contribution in [3.05, 3.63) is 70.5 Å². The van der Waals surface area contributed by atoms with Crippen molar-refractivity contribution in [2.45, 2.75) is 77.4 Å². The quantitative estimate of drug-likeness (QED) is 0.299. The highest BCUT2D eigenvalue weighted by atomic mass is 28.4. The van der Waals surface area contributed by atoms with Crippen molar-refractivity contribution in [3.8, 4) is 0 Å². The number of ketones is 1. The molecule has 7 heteroatoms. The lowest BCUT2D eigenvalue weighted by molar-refractivity contribution is -0.119. The molecule has 0 saturated heterocycles. The zero-order chi connectivity index (χ0) is 25.3. The number of benzene rings is 2. The van der Waals surface area contributed by atoms with Crippen LogP contribution in [0.4, 0.5) is 13.2 Å². The summed E-state index contributed by atoms with van der Waals surface area (Å²) in [6, 6.07) is 8.45. The van der Waals surface area contributed by atoms with Gasteiger partial charge in [0.2, 0.25) is 0 Å². The van der Waals surface area contributed by atoms with Crippen LogP contribution in [0.25, 0.3) is 0 Å². The fourth-order valence-electron chi connectivity index (χ4n) is 4.16. The summed E-state index contributed by atoms with van der Waals surface area (Å²) in [5.74, 6) is -2.59. The molecule has 2 aromatic carbocycles. The highest BCUT2D eigenvalue weighted by Gasteiger charge is 2.42. The molecule has 0 spiro atoms. The predicted octanol–water partition coefficient (Wildman–Crippen LogP) is 7.49. The first-order chi connectivity index (χ1) is 15.8. The second-order valence-corrected chi connectivity index (χ2v) is 15.6. The normalized spacial score (nSPS) is 20.1. The number of hydrogen-bond acceptors (Lipinski definition) is 3. The van der Waals surface area contributed by atoms with Crippen LogP contribution in [0.2, 0.25) is 18.1 Å². The van der Waals surface area contributed by atoms with Crippen LogP contribution in [0.15, 0.2) is 41.6 Å². The Labute approximate surface area is 201 Å². The van der Waals surface area contributed by atoms with E-state index in [1.54, 1.807) is 19.1 Å². The molecule has 0 aliphatic heterocycles. The molecule has 2 aromatic rings. The number of oxime groups is 1. The average molecular weight is 490 g/mol. The molecule has 0 heterocycles. The Morgan fingerprint density at radius 3 is 2.24 bits per heavy atom. The second kappa shape index (κ2) is 10.1. The Bertz CT molecular complexity index is 1050. The van der Waals surface area contributed by atoms with Gasteiger partial charge in [-0.2, -0.15) is 0 Å². The van der Waals surface area contributed by atoms with Gasteiger partial charge in [-0.25, -0.2) is 13.2 Å².